The van der Waals surface area contributed by atoms with Gasteiger partial charge in [0.25, 0.3) is 0 Å². The van der Waals surface area contributed by atoms with Crippen molar-refractivity contribution < 1.29 is 23.7 Å². The molecule has 0 amide bonds. The van der Waals surface area contributed by atoms with Gasteiger partial charge >= 0.3 is 0 Å². The first-order chi connectivity index (χ1) is 6.66. The van der Waals surface area contributed by atoms with Gasteiger partial charge in [0.2, 0.25) is 0 Å². The monoisotopic (exact) mass is 235 g/mol. The summed E-state index contributed by atoms with van der Waals surface area (Å²) in [5, 5.41) is 11.5. The molecule has 0 aliphatic rings. The smallest absolute Gasteiger partial charge is 0.116 e. The van der Waals surface area contributed by atoms with E-state index in [0.717, 1.165) is 21.9 Å². The predicted molar refractivity (Wildman–Crippen MR) is 60.3 cm³/mol. The van der Waals surface area contributed by atoms with Gasteiger partial charge in [0.15, 0.2) is 0 Å². The van der Waals surface area contributed by atoms with Gasteiger partial charge in [-0.3, -0.25) is 0 Å². The van der Waals surface area contributed by atoms with Gasteiger partial charge in [-0.1, -0.05) is 30.4 Å². The van der Waals surface area contributed by atoms with Crippen LogP contribution in [0.25, 0.3) is 16.3 Å². The van der Waals surface area contributed by atoms with E-state index in [4.69, 9.17) is 0 Å². The standard InChI is InChI=1S/C13H12O.V/c1-9(2)10-3-4-12-8-13(14)6-5-11(12)7-10;/h3-8,14H,1H2,2H3;. The van der Waals surface area contributed by atoms with Crippen LogP contribution in [0.4, 0.5) is 0 Å². The van der Waals surface area contributed by atoms with E-state index in [0.29, 0.717) is 5.75 Å². The minimum atomic E-state index is 0. The van der Waals surface area contributed by atoms with Gasteiger partial charge in [0.1, 0.15) is 5.75 Å². The van der Waals surface area contributed by atoms with Gasteiger partial charge < -0.3 is 5.11 Å². The molecule has 1 radical (unpaired) electrons. The SMILES string of the molecule is C=C(C)c1ccc2cc(O)ccc2c1.[V]. The molecule has 0 aliphatic carbocycles. The number of fused-ring (bicyclic) bond motifs is 1. The van der Waals surface area contributed by atoms with Crippen LogP contribution in [-0.2, 0) is 18.6 Å². The number of benzene rings is 2. The summed E-state index contributed by atoms with van der Waals surface area (Å²) >= 11 is 0. The van der Waals surface area contributed by atoms with Crippen molar-refractivity contribution in [1.29, 1.82) is 0 Å². The van der Waals surface area contributed by atoms with Crippen molar-refractivity contribution in [1.82, 2.24) is 0 Å². The van der Waals surface area contributed by atoms with E-state index in [2.05, 4.69) is 12.6 Å². The van der Waals surface area contributed by atoms with Crippen LogP contribution < -0.4 is 0 Å². The number of aromatic hydroxyl groups is 1. The van der Waals surface area contributed by atoms with Crippen LogP contribution in [0.15, 0.2) is 43.0 Å². The number of hydrogen-bond acceptors (Lipinski definition) is 1. The van der Waals surface area contributed by atoms with Crippen LogP contribution in [0.1, 0.15) is 12.5 Å². The Bertz CT molecular complexity index is 503. The summed E-state index contributed by atoms with van der Waals surface area (Å²) in [6, 6.07) is 11.5. The molecule has 0 aromatic heterocycles. The average molecular weight is 235 g/mol. The van der Waals surface area contributed by atoms with Crippen LogP contribution >= 0.6 is 0 Å². The number of allylic oxidation sites excluding steroid dienone is 1. The minimum Gasteiger partial charge on any atom is -0.508 e. The van der Waals surface area contributed by atoms with Gasteiger partial charge in [-0.25, -0.2) is 0 Å². The molecular formula is C13H12OV. The summed E-state index contributed by atoms with van der Waals surface area (Å²) < 4.78 is 0. The Morgan fingerprint density at radius 2 is 1.67 bits per heavy atom. The molecule has 15 heavy (non-hydrogen) atoms. The Kier molecular flexibility index (Phi) is 3.62. The first-order valence-electron chi connectivity index (χ1n) is 4.55. The van der Waals surface area contributed by atoms with Gasteiger partial charge in [0.05, 0.1) is 0 Å². The maximum absolute atomic E-state index is 9.29. The quantitative estimate of drug-likeness (QED) is 0.801. The molecule has 2 rings (SSSR count). The third-order valence-electron chi connectivity index (χ3n) is 2.32. The Morgan fingerprint density at radius 3 is 2.33 bits per heavy atom. The van der Waals surface area contributed by atoms with E-state index in [9.17, 15) is 5.11 Å². The van der Waals surface area contributed by atoms with Crippen molar-refractivity contribution in [2.24, 2.45) is 0 Å². The number of phenols is 1. The zero-order chi connectivity index (χ0) is 10.1. The van der Waals surface area contributed by atoms with E-state index >= 15 is 0 Å². The fourth-order valence-electron chi connectivity index (χ4n) is 1.50. The first-order valence-corrected chi connectivity index (χ1v) is 4.55. The molecule has 0 fully saturated rings. The Morgan fingerprint density at radius 1 is 1.07 bits per heavy atom. The van der Waals surface area contributed by atoms with Crippen LogP contribution in [0.5, 0.6) is 5.75 Å². The van der Waals surface area contributed by atoms with Crippen LogP contribution in [0.3, 0.4) is 0 Å². The summed E-state index contributed by atoms with van der Waals surface area (Å²) in [4.78, 5) is 0. The van der Waals surface area contributed by atoms with Gasteiger partial charge in [-0.2, -0.15) is 0 Å². The largest absolute Gasteiger partial charge is 0.508 e. The molecule has 0 unspecified atom stereocenters. The van der Waals surface area contributed by atoms with Crippen molar-refractivity contribution >= 4 is 16.3 Å². The Balaban J connectivity index is 0.00000112. The van der Waals surface area contributed by atoms with Crippen molar-refractivity contribution in [3.05, 3.63) is 48.5 Å². The number of rotatable bonds is 1. The Labute approximate surface area is 101 Å². The number of phenolic OH excluding ortho intramolecular Hbond substituents is 1. The summed E-state index contributed by atoms with van der Waals surface area (Å²) in [7, 11) is 0. The van der Waals surface area contributed by atoms with Crippen LogP contribution in [0.2, 0.25) is 0 Å². The number of hydrogen-bond donors (Lipinski definition) is 1. The van der Waals surface area contributed by atoms with Gasteiger partial charge in [-0.05, 0) is 41.5 Å². The van der Waals surface area contributed by atoms with Crippen LogP contribution in [-0.4, -0.2) is 5.11 Å². The van der Waals surface area contributed by atoms with Crippen LogP contribution in [0, 0.1) is 0 Å². The van der Waals surface area contributed by atoms with E-state index < -0.39 is 0 Å². The molecule has 1 nitrogen and oxygen atoms in total. The van der Waals surface area contributed by atoms with E-state index in [-0.39, 0.29) is 18.6 Å². The molecule has 0 saturated carbocycles. The second-order valence-electron chi connectivity index (χ2n) is 3.53. The van der Waals surface area contributed by atoms with Crippen molar-refractivity contribution in [3.8, 4) is 5.75 Å². The molecule has 1 N–H and O–H groups in total. The van der Waals surface area contributed by atoms with Crippen molar-refractivity contribution in [2.45, 2.75) is 6.92 Å². The molecule has 0 aliphatic heterocycles. The normalized spacial score (nSPS) is 9.67. The molecule has 2 aromatic carbocycles. The third kappa shape index (κ3) is 2.44. The second-order valence-corrected chi connectivity index (χ2v) is 3.53. The predicted octanol–water partition coefficient (Wildman–Crippen LogP) is 3.58. The third-order valence-corrected chi connectivity index (χ3v) is 2.32. The fourth-order valence-corrected chi connectivity index (χ4v) is 1.50. The first kappa shape index (κ1) is 11.9. The molecule has 2 heteroatoms. The maximum Gasteiger partial charge on any atom is 0.116 e. The van der Waals surface area contributed by atoms with Gasteiger partial charge in [-0.15, -0.1) is 0 Å². The molecule has 0 heterocycles. The molecule has 2 aromatic rings. The summed E-state index contributed by atoms with van der Waals surface area (Å²) in [5.41, 5.74) is 2.20. The zero-order valence-electron chi connectivity index (χ0n) is 8.57. The minimum absolute atomic E-state index is 0. The maximum atomic E-state index is 9.29. The second kappa shape index (κ2) is 4.56. The summed E-state index contributed by atoms with van der Waals surface area (Å²) in [6.07, 6.45) is 0. The van der Waals surface area contributed by atoms with Crippen molar-refractivity contribution in [2.75, 3.05) is 0 Å². The molecule has 0 atom stereocenters. The van der Waals surface area contributed by atoms with E-state index in [1.54, 1.807) is 12.1 Å². The molecule has 75 valence electrons. The molecular weight excluding hydrogens is 223 g/mol. The van der Waals surface area contributed by atoms with E-state index in [1.807, 2.05) is 25.1 Å². The summed E-state index contributed by atoms with van der Waals surface area (Å²) in [6.45, 7) is 5.89. The molecule has 0 spiro atoms. The zero-order valence-corrected chi connectivity index (χ0v) is 9.96. The Hall–Kier alpha value is -1.18. The molecule has 0 saturated heterocycles. The summed E-state index contributed by atoms with van der Waals surface area (Å²) in [5.74, 6) is 0.306. The van der Waals surface area contributed by atoms with Gasteiger partial charge in [0, 0.05) is 18.6 Å². The fraction of sp³-hybridized carbons (Fsp3) is 0.0769. The van der Waals surface area contributed by atoms with E-state index in [1.165, 1.54) is 0 Å². The van der Waals surface area contributed by atoms with Crippen molar-refractivity contribution in [3.63, 3.8) is 0 Å². The topological polar surface area (TPSA) is 20.2 Å². The average Bonchev–Trinajstić information content (AvgIpc) is 2.16. The molecule has 0 bridgehead atoms.